The van der Waals surface area contributed by atoms with Crippen molar-refractivity contribution >= 4 is 5.96 Å². The molecule has 0 bridgehead atoms. The number of hydrogen-bond donors (Lipinski definition) is 1. The van der Waals surface area contributed by atoms with Crippen LogP contribution in [0.3, 0.4) is 0 Å². The first-order chi connectivity index (χ1) is 14.2. The molecule has 0 spiro atoms. The van der Waals surface area contributed by atoms with Crippen molar-refractivity contribution in [3.05, 3.63) is 36.0 Å². The minimum Gasteiger partial charge on any atom is -0.472 e. The number of guanidine groups is 1. The van der Waals surface area contributed by atoms with Crippen LogP contribution in [-0.2, 0) is 13.6 Å². The molecular weight excluding hydrogens is 366 g/mol. The molecule has 2 fully saturated rings. The number of aliphatic imine (C=N–C) groups is 1. The molecule has 2 aromatic rings. The molecular formula is C21H31N7O. The van der Waals surface area contributed by atoms with Crippen molar-refractivity contribution in [1.82, 2.24) is 30.0 Å². The van der Waals surface area contributed by atoms with Crippen LogP contribution in [-0.4, -0.2) is 55.8 Å². The molecule has 1 N–H and O–H groups in total. The van der Waals surface area contributed by atoms with Gasteiger partial charge >= 0.3 is 0 Å². The SMILES string of the molecule is Cc1nnc(CN=C(NC2CCCCC2)N2CCC(Oc3ccccn3)C2)n1C. The molecule has 2 aliphatic rings. The average Bonchev–Trinajstić information content (AvgIpc) is 3.34. The molecule has 1 aliphatic carbocycles. The number of nitrogens with zero attached hydrogens (tertiary/aromatic N) is 6. The van der Waals surface area contributed by atoms with Crippen molar-refractivity contribution in [2.75, 3.05) is 13.1 Å². The largest absolute Gasteiger partial charge is 0.472 e. The maximum Gasteiger partial charge on any atom is 0.213 e. The Bertz CT molecular complexity index is 814. The van der Waals surface area contributed by atoms with E-state index in [4.69, 9.17) is 9.73 Å². The normalized spacial score (nSPS) is 20.8. The van der Waals surface area contributed by atoms with Gasteiger partial charge < -0.3 is 19.5 Å². The minimum absolute atomic E-state index is 0.125. The van der Waals surface area contributed by atoms with Crippen molar-refractivity contribution in [1.29, 1.82) is 0 Å². The number of ether oxygens (including phenoxy) is 1. The van der Waals surface area contributed by atoms with Crippen LogP contribution in [0.15, 0.2) is 29.4 Å². The Balaban J connectivity index is 1.44. The van der Waals surface area contributed by atoms with Crippen LogP contribution in [0.5, 0.6) is 5.88 Å². The van der Waals surface area contributed by atoms with E-state index in [9.17, 15) is 0 Å². The Labute approximate surface area is 172 Å². The highest BCUT2D eigenvalue weighted by molar-refractivity contribution is 5.80. The Morgan fingerprint density at radius 1 is 1.21 bits per heavy atom. The lowest BCUT2D eigenvalue weighted by Crippen LogP contribution is -2.46. The van der Waals surface area contributed by atoms with Gasteiger partial charge in [0.25, 0.3) is 0 Å². The van der Waals surface area contributed by atoms with Crippen molar-refractivity contribution < 1.29 is 4.74 Å². The first-order valence-corrected chi connectivity index (χ1v) is 10.7. The molecule has 156 valence electrons. The van der Waals surface area contributed by atoms with E-state index in [1.54, 1.807) is 6.20 Å². The van der Waals surface area contributed by atoms with E-state index in [2.05, 4.69) is 25.4 Å². The summed E-state index contributed by atoms with van der Waals surface area (Å²) in [5, 5.41) is 12.1. The molecule has 0 aromatic carbocycles. The topological polar surface area (TPSA) is 80.5 Å². The minimum atomic E-state index is 0.125. The Kier molecular flexibility index (Phi) is 6.27. The summed E-state index contributed by atoms with van der Waals surface area (Å²) in [6.45, 7) is 4.22. The van der Waals surface area contributed by atoms with E-state index in [-0.39, 0.29) is 6.10 Å². The molecule has 4 rings (SSSR count). The second-order valence-corrected chi connectivity index (χ2v) is 7.98. The van der Waals surface area contributed by atoms with Gasteiger partial charge in [0.1, 0.15) is 18.5 Å². The third kappa shape index (κ3) is 5.05. The summed E-state index contributed by atoms with van der Waals surface area (Å²) >= 11 is 0. The van der Waals surface area contributed by atoms with Crippen LogP contribution in [0.1, 0.15) is 50.2 Å². The van der Waals surface area contributed by atoms with Crippen molar-refractivity contribution in [2.24, 2.45) is 12.0 Å². The van der Waals surface area contributed by atoms with Gasteiger partial charge in [-0.3, -0.25) is 0 Å². The number of hydrogen-bond acceptors (Lipinski definition) is 5. The fraction of sp³-hybridized carbons (Fsp3) is 0.619. The van der Waals surface area contributed by atoms with E-state index < -0.39 is 0 Å². The van der Waals surface area contributed by atoms with Crippen LogP contribution in [0.4, 0.5) is 0 Å². The van der Waals surface area contributed by atoms with Gasteiger partial charge in [-0.05, 0) is 25.8 Å². The predicted molar refractivity (Wildman–Crippen MR) is 112 cm³/mol. The van der Waals surface area contributed by atoms with Gasteiger partial charge in [-0.15, -0.1) is 10.2 Å². The van der Waals surface area contributed by atoms with E-state index in [1.807, 2.05) is 36.7 Å². The maximum absolute atomic E-state index is 6.07. The highest BCUT2D eigenvalue weighted by atomic mass is 16.5. The van der Waals surface area contributed by atoms with Gasteiger partial charge in [-0.2, -0.15) is 0 Å². The van der Waals surface area contributed by atoms with Crippen LogP contribution >= 0.6 is 0 Å². The van der Waals surface area contributed by atoms with Crippen molar-refractivity contribution in [2.45, 2.75) is 64.1 Å². The summed E-state index contributed by atoms with van der Waals surface area (Å²) in [7, 11) is 1.99. The molecule has 29 heavy (non-hydrogen) atoms. The molecule has 3 heterocycles. The molecule has 1 saturated heterocycles. The lowest BCUT2D eigenvalue weighted by molar-refractivity contribution is 0.205. The van der Waals surface area contributed by atoms with Crippen LogP contribution in [0.2, 0.25) is 0 Å². The van der Waals surface area contributed by atoms with Crippen LogP contribution < -0.4 is 10.1 Å². The quantitative estimate of drug-likeness (QED) is 0.617. The standard InChI is InChI=1S/C21H31N7O/c1-16-25-26-19(27(16)2)14-23-21(24-17-8-4-3-5-9-17)28-13-11-18(15-28)29-20-10-6-7-12-22-20/h6-7,10,12,17-18H,3-5,8-9,11,13-15H2,1-2H3,(H,23,24). The smallest absolute Gasteiger partial charge is 0.213 e. The third-order valence-electron chi connectivity index (χ3n) is 5.86. The predicted octanol–water partition coefficient (Wildman–Crippen LogP) is 2.45. The van der Waals surface area contributed by atoms with E-state index in [0.717, 1.165) is 37.1 Å². The number of aromatic nitrogens is 4. The van der Waals surface area contributed by atoms with Crippen molar-refractivity contribution in [3.8, 4) is 5.88 Å². The van der Waals surface area contributed by atoms with Gasteiger partial charge in [0.15, 0.2) is 11.8 Å². The third-order valence-corrected chi connectivity index (χ3v) is 5.86. The molecule has 1 atom stereocenters. The number of aryl methyl sites for hydroxylation is 1. The summed E-state index contributed by atoms with van der Waals surface area (Å²) in [5.41, 5.74) is 0. The molecule has 8 heteroatoms. The molecule has 1 saturated carbocycles. The molecule has 0 amide bonds. The Hall–Kier alpha value is -2.64. The van der Waals surface area contributed by atoms with E-state index in [1.165, 1.54) is 32.1 Å². The fourth-order valence-corrected chi connectivity index (χ4v) is 4.01. The summed E-state index contributed by atoms with van der Waals surface area (Å²) < 4.78 is 8.07. The Morgan fingerprint density at radius 3 is 2.79 bits per heavy atom. The molecule has 0 radical (unpaired) electrons. The highest BCUT2D eigenvalue weighted by Crippen LogP contribution is 2.20. The van der Waals surface area contributed by atoms with Crippen LogP contribution in [0.25, 0.3) is 0 Å². The molecule has 2 aromatic heterocycles. The zero-order valence-corrected chi connectivity index (χ0v) is 17.4. The summed E-state index contributed by atoms with van der Waals surface area (Å²) in [5.74, 6) is 3.44. The number of likely N-dealkylation sites (tertiary alicyclic amines) is 1. The zero-order chi connectivity index (χ0) is 20.1. The first-order valence-electron chi connectivity index (χ1n) is 10.7. The summed E-state index contributed by atoms with van der Waals surface area (Å²) in [6, 6.07) is 6.27. The lowest BCUT2D eigenvalue weighted by atomic mass is 9.96. The second-order valence-electron chi connectivity index (χ2n) is 7.98. The van der Waals surface area contributed by atoms with Crippen molar-refractivity contribution in [3.63, 3.8) is 0 Å². The van der Waals surface area contributed by atoms with E-state index in [0.29, 0.717) is 18.5 Å². The van der Waals surface area contributed by atoms with Gasteiger partial charge in [-0.1, -0.05) is 25.3 Å². The lowest BCUT2D eigenvalue weighted by Gasteiger charge is -2.29. The highest BCUT2D eigenvalue weighted by Gasteiger charge is 2.28. The van der Waals surface area contributed by atoms with Gasteiger partial charge in [0, 0.05) is 38.3 Å². The van der Waals surface area contributed by atoms with E-state index >= 15 is 0 Å². The Morgan fingerprint density at radius 2 is 2.07 bits per heavy atom. The molecule has 8 nitrogen and oxygen atoms in total. The van der Waals surface area contributed by atoms with Gasteiger partial charge in [0.2, 0.25) is 5.88 Å². The fourth-order valence-electron chi connectivity index (χ4n) is 4.01. The molecule has 1 unspecified atom stereocenters. The number of pyridine rings is 1. The van der Waals surface area contributed by atoms with Crippen LogP contribution in [0, 0.1) is 6.92 Å². The number of rotatable bonds is 5. The monoisotopic (exact) mass is 397 g/mol. The average molecular weight is 398 g/mol. The summed E-state index contributed by atoms with van der Waals surface area (Å²) in [6.07, 6.45) is 9.20. The summed E-state index contributed by atoms with van der Waals surface area (Å²) in [4.78, 5) is 11.5. The molecule has 1 aliphatic heterocycles. The maximum atomic E-state index is 6.07. The second kappa shape index (κ2) is 9.24. The van der Waals surface area contributed by atoms with Gasteiger partial charge in [0.05, 0.1) is 6.54 Å². The zero-order valence-electron chi connectivity index (χ0n) is 17.4. The number of nitrogens with one attached hydrogen (secondary N) is 1. The first kappa shape index (κ1) is 19.7. The van der Waals surface area contributed by atoms with Gasteiger partial charge in [-0.25, -0.2) is 9.98 Å².